The molecule has 0 bridgehead atoms. The van der Waals surface area contributed by atoms with Crippen molar-refractivity contribution in [2.24, 2.45) is 7.05 Å². The molecule has 0 aliphatic heterocycles. The van der Waals surface area contributed by atoms with Crippen LogP contribution < -0.4 is 0 Å². The van der Waals surface area contributed by atoms with Gasteiger partial charge in [0.2, 0.25) is 0 Å². The third-order valence-corrected chi connectivity index (χ3v) is 2.02. The number of pyridine rings is 1. The van der Waals surface area contributed by atoms with Crippen LogP contribution in [0.3, 0.4) is 0 Å². The molecule has 2 aromatic rings. The van der Waals surface area contributed by atoms with Gasteiger partial charge in [0.15, 0.2) is 0 Å². The molecule has 0 radical (unpaired) electrons. The fraction of sp³-hybridized carbons (Fsp3) is 0.111. The first kappa shape index (κ1) is 8.26. The third kappa shape index (κ3) is 1.55. The molecule has 0 aromatic carbocycles. The molecule has 0 fully saturated rings. The summed E-state index contributed by atoms with van der Waals surface area (Å²) in [5.74, 6) is 0. The van der Waals surface area contributed by atoms with Crippen LogP contribution in [0.2, 0.25) is 5.02 Å². The molecule has 0 saturated heterocycles. The van der Waals surface area contributed by atoms with Crippen LogP contribution in [0.4, 0.5) is 0 Å². The average molecular weight is 194 g/mol. The maximum atomic E-state index is 5.82. The Kier molecular flexibility index (Phi) is 2.02. The Bertz CT molecular complexity index is 422. The standard InChI is InChI=1S/C9H8ClN3/c1-13-6-12-5-9(13)7-2-8(10)4-11-3-7/h2-6H,1H3. The van der Waals surface area contributed by atoms with Gasteiger partial charge in [-0.3, -0.25) is 4.98 Å². The highest BCUT2D eigenvalue weighted by Crippen LogP contribution is 2.19. The van der Waals surface area contributed by atoms with Crippen LogP contribution in [0.1, 0.15) is 0 Å². The molecular weight excluding hydrogens is 186 g/mol. The van der Waals surface area contributed by atoms with Gasteiger partial charge in [0, 0.05) is 25.0 Å². The Hall–Kier alpha value is -1.35. The van der Waals surface area contributed by atoms with E-state index in [0.717, 1.165) is 11.3 Å². The van der Waals surface area contributed by atoms with E-state index in [4.69, 9.17) is 11.6 Å². The normalized spacial score (nSPS) is 10.3. The van der Waals surface area contributed by atoms with Crippen molar-refractivity contribution in [3.63, 3.8) is 0 Å². The van der Waals surface area contributed by atoms with Gasteiger partial charge in [-0.2, -0.15) is 0 Å². The fourth-order valence-corrected chi connectivity index (χ4v) is 1.36. The minimum atomic E-state index is 0.638. The second kappa shape index (κ2) is 3.18. The van der Waals surface area contributed by atoms with Gasteiger partial charge in [-0.1, -0.05) is 11.6 Å². The lowest BCUT2D eigenvalue weighted by molar-refractivity contribution is 0.920. The highest BCUT2D eigenvalue weighted by molar-refractivity contribution is 6.30. The highest BCUT2D eigenvalue weighted by Gasteiger charge is 2.02. The van der Waals surface area contributed by atoms with Crippen molar-refractivity contribution in [1.29, 1.82) is 0 Å². The Balaban J connectivity index is 2.53. The second-order valence-electron chi connectivity index (χ2n) is 2.78. The van der Waals surface area contributed by atoms with Crippen molar-refractivity contribution >= 4 is 11.6 Å². The van der Waals surface area contributed by atoms with Gasteiger partial charge in [0.05, 0.1) is 23.2 Å². The van der Waals surface area contributed by atoms with Crippen LogP contribution in [-0.2, 0) is 7.05 Å². The predicted octanol–water partition coefficient (Wildman–Crippen LogP) is 2.14. The molecule has 0 amide bonds. The van der Waals surface area contributed by atoms with E-state index in [-0.39, 0.29) is 0 Å². The van der Waals surface area contributed by atoms with Crippen molar-refractivity contribution in [2.75, 3.05) is 0 Å². The number of aromatic nitrogens is 3. The monoisotopic (exact) mass is 193 g/mol. The zero-order valence-electron chi connectivity index (χ0n) is 7.11. The summed E-state index contributed by atoms with van der Waals surface area (Å²) in [5.41, 5.74) is 1.99. The van der Waals surface area contributed by atoms with Crippen molar-refractivity contribution < 1.29 is 0 Å². The summed E-state index contributed by atoms with van der Waals surface area (Å²) in [7, 11) is 1.93. The summed E-state index contributed by atoms with van der Waals surface area (Å²) < 4.78 is 1.92. The number of imidazole rings is 1. The number of hydrogen-bond acceptors (Lipinski definition) is 2. The molecule has 2 aromatic heterocycles. The van der Waals surface area contributed by atoms with Crippen LogP contribution in [0.5, 0.6) is 0 Å². The number of nitrogens with zero attached hydrogens (tertiary/aromatic N) is 3. The summed E-state index contributed by atoms with van der Waals surface area (Å²) in [6, 6.07) is 1.87. The van der Waals surface area contributed by atoms with Crippen LogP contribution in [0.25, 0.3) is 11.3 Å². The minimum absolute atomic E-state index is 0.638. The number of halogens is 1. The van der Waals surface area contributed by atoms with Crippen LogP contribution in [0.15, 0.2) is 31.0 Å². The molecule has 13 heavy (non-hydrogen) atoms. The van der Waals surface area contributed by atoms with E-state index in [9.17, 15) is 0 Å². The first-order valence-electron chi connectivity index (χ1n) is 3.84. The van der Waals surface area contributed by atoms with Gasteiger partial charge < -0.3 is 4.57 Å². The molecule has 0 atom stereocenters. The molecule has 66 valence electrons. The maximum Gasteiger partial charge on any atom is 0.0948 e. The lowest BCUT2D eigenvalue weighted by atomic mass is 10.2. The van der Waals surface area contributed by atoms with Gasteiger partial charge in [-0.25, -0.2) is 4.98 Å². The zero-order valence-corrected chi connectivity index (χ0v) is 7.86. The Morgan fingerprint density at radius 1 is 1.23 bits per heavy atom. The lowest BCUT2D eigenvalue weighted by Gasteiger charge is -2.01. The van der Waals surface area contributed by atoms with Crippen LogP contribution in [-0.4, -0.2) is 14.5 Å². The summed E-state index contributed by atoms with van der Waals surface area (Å²) in [6.45, 7) is 0. The van der Waals surface area contributed by atoms with E-state index < -0.39 is 0 Å². The molecule has 0 aliphatic rings. The molecule has 2 heterocycles. The van der Waals surface area contributed by atoms with Gasteiger partial charge in [-0.15, -0.1) is 0 Å². The van der Waals surface area contributed by atoms with Gasteiger partial charge in [0.25, 0.3) is 0 Å². The molecule has 4 heteroatoms. The van der Waals surface area contributed by atoms with E-state index in [1.54, 1.807) is 24.9 Å². The van der Waals surface area contributed by atoms with Crippen molar-refractivity contribution in [3.8, 4) is 11.3 Å². The smallest absolute Gasteiger partial charge is 0.0948 e. The number of aryl methyl sites for hydroxylation is 1. The van der Waals surface area contributed by atoms with E-state index in [0.29, 0.717) is 5.02 Å². The van der Waals surface area contributed by atoms with Gasteiger partial charge in [-0.05, 0) is 6.07 Å². The Labute approximate surface area is 81.0 Å². The number of hydrogen-bond donors (Lipinski definition) is 0. The summed E-state index contributed by atoms with van der Waals surface area (Å²) in [6.07, 6.45) is 6.91. The SMILES string of the molecule is Cn1cncc1-c1cncc(Cl)c1. The number of rotatable bonds is 1. The summed E-state index contributed by atoms with van der Waals surface area (Å²) >= 11 is 5.82. The topological polar surface area (TPSA) is 30.7 Å². The quantitative estimate of drug-likeness (QED) is 0.695. The second-order valence-corrected chi connectivity index (χ2v) is 3.22. The largest absolute Gasteiger partial charge is 0.334 e. The third-order valence-electron chi connectivity index (χ3n) is 1.82. The van der Waals surface area contributed by atoms with Gasteiger partial charge in [0.1, 0.15) is 0 Å². The molecule has 0 N–H and O–H groups in total. The summed E-state index contributed by atoms with van der Waals surface area (Å²) in [5, 5.41) is 0.638. The average Bonchev–Trinajstić information content (AvgIpc) is 2.51. The molecule has 0 spiro atoms. The first-order chi connectivity index (χ1) is 6.27. The molecule has 0 aliphatic carbocycles. The fourth-order valence-electron chi connectivity index (χ4n) is 1.19. The molecular formula is C9H8ClN3. The van der Waals surface area contributed by atoms with E-state index in [2.05, 4.69) is 9.97 Å². The van der Waals surface area contributed by atoms with Crippen LogP contribution >= 0.6 is 11.6 Å². The van der Waals surface area contributed by atoms with E-state index in [1.165, 1.54) is 0 Å². The maximum absolute atomic E-state index is 5.82. The lowest BCUT2D eigenvalue weighted by Crippen LogP contribution is -1.89. The minimum Gasteiger partial charge on any atom is -0.334 e. The predicted molar refractivity (Wildman–Crippen MR) is 51.4 cm³/mol. The van der Waals surface area contributed by atoms with Gasteiger partial charge >= 0.3 is 0 Å². The zero-order chi connectivity index (χ0) is 9.26. The molecule has 3 nitrogen and oxygen atoms in total. The van der Waals surface area contributed by atoms with Crippen molar-refractivity contribution in [3.05, 3.63) is 36.0 Å². The highest BCUT2D eigenvalue weighted by atomic mass is 35.5. The summed E-state index contributed by atoms with van der Waals surface area (Å²) in [4.78, 5) is 8.03. The van der Waals surface area contributed by atoms with Crippen molar-refractivity contribution in [2.45, 2.75) is 0 Å². The van der Waals surface area contributed by atoms with E-state index in [1.807, 2.05) is 17.7 Å². The van der Waals surface area contributed by atoms with E-state index >= 15 is 0 Å². The Morgan fingerprint density at radius 3 is 2.69 bits per heavy atom. The Morgan fingerprint density at radius 2 is 2.08 bits per heavy atom. The molecule has 0 saturated carbocycles. The first-order valence-corrected chi connectivity index (χ1v) is 4.22. The molecule has 0 unspecified atom stereocenters. The molecule has 2 rings (SSSR count). The van der Waals surface area contributed by atoms with Crippen LogP contribution in [0, 0.1) is 0 Å². The van der Waals surface area contributed by atoms with Crippen molar-refractivity contribution in [1.82, 2.24) is 14.5 Å².